The molecular formula is C28H31NO6. The van der Waals surface area contributed by atoms with Crippen LogP contribution in [-0.4, -0.2) is 51.9 Å². The zero-order chi connectivity index (χ0) is 24.8. The van der Waals surface area contributed by atoms with Gasteiger partial charge in [-0.25, -0.2) is 0 Å². The Morgan fingerprint density at radius 3 is 2.14 bits per heavy atom. The average molecular weight is 478 g/mol. The van der Waals surface area contributed by atoms with Crippen molar-refractivity contribution in [3.05, 3.63) is 77.4 Å². The Morgan fingerprint density at radius 2 is 1.46 bits per heavy atom. The van der Waals surface area contributed by atoms with E-state index in [9.17, 15) is 4.79 Å². The first-order valence-electron chi connectivity index (χ1n) is 11.6. The molecule has 3 aromatic rings. The van der Waals surface area contributed by atoms with Gasteiger partial charge in [0.25, 0.3) is 5.91 Å². The molecule has 7 heteroatoms. The van der Waals surface area contributed by atoms with Crippen molar-refractivity contribution in [1.82, 2.24) is 4.90 Å². The molecule has 0 radical (unpaired) electrons. The molecule has 4 rings (SSSR count). The molecule has 0 aromatic heterocycles. The van der Waals surface area contributed by atoms with E-state index in [0.29, 0.717) is 53.9 Å². The van der Waals surface area contributed by atoms with Crippen LogP contribution in [0.1, 0.15) is 34.5 Å². The number of rotatable bonds is 9. The predicted molar refractivity (Wildman–Crippen MR) is 133 cm³/mol. The van der Waals surface area contributed by atoms with Gasteiger partial charge < -0.3 is 28.6 Å². The van der Waals surface area contributed by atoms with Gasteiger partial charge in [0.1, 0.15) is 12.4 Å². The normalized spacial score (nSPS) is 14.6. The van der Waals surface area contributed by atoms with Crippen LogP contribution in [0.3, 0.4) is 0 Å². The number of para-hydroxylation sites is 3. The summed E-state index contributed by atoms with van der Waals surface area (Å²) >= 11 is 0. The van der Waals surface area contributed by atoms with Crippen molar-refractivity contribution < 1.29 is 28.5 Å². The highest BCUT2D eigenvalue weighted by atomic mass is 16.5. The van der Waals surface area contributed by atoms with Crippen molar-refractivity contribution in [2.24, 2.45) is 0 Å². The summed E-state index contributed by atoms with van der Waals surface area (Å²) < 4.78 is 28.5. The molecule has 1 aliphatic rings. The molecule has 0 spiro atoms. The van der Waals surface area contributed by atoms with E-state index in [1.54, 1.807) is 27.4 Å². The molecule has 184 valence electrons. The fourth-order valence-corrected chi connectivity index (χ4v) is 4.44. The standard InChI is InChI=1S/C28H31NO6/c1-5-34-23-11-7-6-10-20(23)28(30)29-15-14-19-16-26(32-3)27(33-4)17-21(19)22(29)18-35-25-13-9-8-12-24(25)31-2/h6-13,16-17,22H,5,14-15,18H2,1-4H3/t22-/m1/s1. The summed E-state index contributed by atoms with van der Waals surface area (Å²) in [7, 11) is 4.83. The van der Waals surface area contributed by atoms with Gasteiger partial charge in [-0.2, -0.15) is 0 Å². The SMILES string of the molecule is CCOc1ccccc1C(=O)N1CCc2cc(OC)c(OC)cc2[C@H]1COc1ccccc1OC. The number of hydrogen-bond acceptors (Lipinski definition) is 6. The fraction of sp³-hybridized carbons (Fsp3) is 0.321. The number of ether oxygens (including phenoxy) is 5. The molecule has 1 aliphatic heterocycles. The minimum atomic E-state index is -0.356. The maximum Gasteiger partial charge on any atom is 0.258 e. The highest BCUT2D eigenvalue weighted by Crippen LogP contribution is 2.40. The predicted octanol–water partition coefficient (Wildman–Crippen LogP) is 4.93. The van der Waals surface area contributed by atoms with Crippen molar-refractivity contribution in [2.75, 3.05) is 41.1 Å². The van der Waals surface area contributed by atoms with Crippen LogP contribution in [0.5, 0.6) is 28.7 Å². The highest BCUT2D eigenvalue weighted by Gasteiger charge is 2.34. The molecule has 0 saturated carbocycles. The van der Waals surface area contributed by atoms with Gasteiger partial charge in [-0.15, -0.1) is 0 Å². The van der Waals surface area contributed by atoms with E-state index in [4.69, 9.17) is 23.7 Å². The lowest BCUT2D eigenvalue weighted by atomic mass is 9.91. The van der Waals surface area contributed by atoms with Crippen molar-refractivity contribution in [2.45, 2.75) is 19.4 Å². The third-order valence-corrected chi connectivity index (χ3v) is 6.15. The lowest BCUT2D eigenvalue weighted by molar-refractivity contribution is 0.0583. The summed E-state index contributed by atoms with van der Waals surface area (Å²) in [6, 6.07) is 18.4. The second kappa shape index (κ2) is 11.0. The van der Waals surface area contributed by atoms with E-state index in [2.05, 4.69) is 0 Å². The van der Waals surface area contributed by atoms with Crippen LogP contribution in [0, 0.1) is 0 Å². The largest absolute Gasteiger partial charge is 0.493 e. The Balaban J connectivity index is 1.74. The summed E-state index contributed by atoms with van der Waals surface area (Å²) in [5.41, 5.74) is 2.59. The first kappa shape index (κ1) is 24.3. The molecule has 0 aliphatic carbocycles. The van der Waals surface area contributed by atoms with Crippen LogP contribution in [0.15, 0.2) is 60.7 Å². The monoisotopic (exact) mass is 477 g/mol. The molecular weight excluding hydrogens is 446 g/mol. The van der Waals surface area contributed by atoms with Crippen LogP contribution in [0.4, 0.5) is 0 Å². The number of carbonyl (C=O) groups excluding carboxylic acids is 1. The van der Waals surface area contributed by atoms with Crippen LogP contribution in [0.2, 0.25) is 0 Å². The third-order valence-electron chi connectivity index (χ3n) is 6.15. The Labute approximate surface area is 206 Å². The van der Waals surface area contributed by atoms with E-state index in [1.165, 1.54) is 0 Å². The fourth-order valence-electron chi connectivity index (χ4n) is 4.44. The number of carbonyl (C=O) groups is 1. The van der Waals surface area contributed by atoms with Crippen LogP contribution in [-0.2, 0) is 6.42 Å². The number of benzene rings is 3. The van der Waals surface area contributed by atoms with Crippen molar-refractivity contribution in [3.63, 3.8) is 0 Å². The first-order valence-corrected chi connectivity index (χ1v) is 11.6. The summed E-state index contributed by atoms with van der Waals surface area (Å²) in [4.78, 5) is 15.7. The van der Waals surface area contributed by atoms with Gasteiger partial charge in [0.2, 0.25) is 0 Å². The minimum Gasteiger partial charge on any atom is -0.493 e. The number of methoxy groups -OCH3 is 3. The van der Waals surface area contributed by atoms with Gasteiger partial charge in [0.05, 0.1) is 39.5 Å². The van der Waals surface area contributed by atoms with Crippen molar-refractivity contribution in [1.29, 1.82) is 0 Å². The summed E-state index contributed by atoms with van der Waals surface area (Å²) in [6.07, 6.45) is 0.684. The quantitative estimate of drug-likeness (QED) is 0.435. The van der Waals surface area contributed by atoms with E-state index >= 15 is 0 Å². The third kappa shape index (κ3) is 4.99. The van der Waals surface area contributed by atoms with E-state index in [0.717, 1.165) is 11.1 Å². The zero-order valence-corrected chi connectivity index (χ0v) is 20.6. The molecule has 1 atom stereocenters. The van der Waals surface area contributed by atoms with E-state index in [-0.39, 0.29) is 18.6 Å². The second-order valence-electron chi connectivity index (χ2n) is 8.06. The Hall–Kier alpha value is -3.87. The van der Waals surface area contributed by atoms with Gasteiger partial charge in [-0.05, 0) is 60.9 Å². The maximum atomic E-state index is 13.8. The highest BCUT2D eigenvalue weighted by molar-refractivity contribution is 5.97. The van der Waals surface area contributed by atoms with Gasteiger partial charge in [0.15, 0.2) is 23.0 Å². The number of nitrogens with zero attached hydrogens (tertiary/aromatic N) is 1. The number of hydrogen-bond donors (Lipinski definition) is 0. The Morgan fingerprint density at radius 1 is 0.829 bits per heavy atom. The molecule has 35 heavy (non-hydrogen) atoms. The van der Waals surface area contributed by atoms with E-state index in [1.807, 2.05) is 66.4 Å². The van der Waals surface area contributed by atoms with Crippen LogP contribution < -0.4 is 23.7 Å². The van der Waals surface area contributed by atoms with Gasteiger partial charge in [0, 0.05) is 6.54 Å². The molecule has 0 unspecified atom stereocenters. The Kier molecular flexibility index (Phi) is 7.65. The van der Waals surface area contributed by atoms with Crippen molar-refractivity contribution in [3.8, 4) is 28.7 Å². The minimum absolute atomic E-state index is 0.108. The zero-order valence-electron chi connectivity index (χ0n) is 20.6. The maximum absolute atomic E-state index is 13.8. The smallest absolute Gasteiger partial charge is 0.258 e. The molecule has 0 fully saturated rings. The van der Waals surface area contributed by atoms with Gasteiger partial charge in [-0.3, -0.25) is 4.79 Å². The molecule has 1 amide bonds. The molecule has 7 nitrogen and oxygen atoms in total. The summed E-state index contributed by atoms with van der Waals surface area (Å²) in [5, 5.41) is 0. The molecule has 3 aromatic carbocycles. The average Bonchev–Trinajstić information content (AvgIpc) is 2.91. The number of amides is 1. The topological polar surface area (TPSA) is 66.5 Å². The summed E-state index contributed by atoms with van der Waals surface area (Å²) in [6.45, 7) is 3.15. The Bertz CT molecular complexity index is 1180. The lowest BCUT2D eigenvalue weighted by Gasteiger charge is -2.38. The molecule has 0 N–H and O–H groups in total. The van der Waals surface area contributed by atoms with E-state index < -0.39 is 0 Å². The van der Waals surface area contributed by atoms with Crippen molar-refractivity contribution >= 4 is 5.91 Å². The van der Waals surface area contributed by atoms with Gasteiger partial charge in [-0.1, -0.05) is 24.3 Å². The summed E-state index contributed by atoms with van der Waals surface area (Å²) in [5.74, 6) is 2.99. The number of fused-ring (bicyclic) bond motifs is 1. The first-order chi connectivity index (χ1) is 17.1. The molecule has 0 bridgehead atoms. The van der Waals surface area contributed by atoms with Crippen LogP contribution >= 0.6 is 0 Å². The lowest BCUT2D eigenvalue weighted by Crippen LogP contribution is -2.42. The molecule has 0 saturated heterocycles. The van der Waals surface area contributed by atoms with Gasteiger partial charge >= 0.3 is 0 Å². The second-order valence-corrected chi connectivity index (χ2v) is 8.06. The van der Waals surface area contributed by atoms with Crippen LogP contribution in [0.25, 0.3) is 0 Å². The molecule has 1 heterocycles.